The minimum atomic E-state index is -0.719. The lowest BCUT2D eigenvalue weighted by Crippen LogP contribution is -2.31. The van der Waals surface area contributed by atoms with Crippen LogP contribution >= 0.6 is 22.9 Å². The molecule has 1 atom stereocenters. The van der Waals surface area contributed by atoms with Gasteiger partial charge in [-0.3, -0.25) is 9.59 Å². The van der Waals surface area contributed by atoms with Gasteiger partial charge in [0.05, 0.1) is 29.3 Å². The second-order valence-electron chi connectivity index (χ2n) is 8.90. The Bertz CT molecular complexity index is 1530. The minimum Gasteiger partial charge on any atom is -0.507 e. The summed E-state index contributed by atoms with van der Waals surface area (Å²) in [5, 5.41) is 14.8. The number of nitrogens with one attached hydrogen (secondary N) is 1. The number of ether oxygens (including phenoxy) is 1. The summed E-state index contributed by atoms with van der Waals surface area (Å²) in [6.07, 6.45) is 2.49. The average Bonchev–Trinajstić information content (AvgIpc) is 3.53. The highest BCUT2D eigenvalue weighted by molar-refractivity contribution is 7.10. The van der Waals surface area contributed by atoms with Gasteiger partial charge in [0, 0.05) is 28.5 Å². The molecule has 0 bridgehead atoms. The van der Waals surface area contributed by atoms with Crippen LogP contribution in [0.3, 0.4) is 0 Å². The van der Waals surface area contributed by atoms with Gasteiger partial charge in [-0.25, -0.2) is 0 Å². The lowest BCUT2D eigenvalue weighted by molar-refractivity contribution is -0.139. The van der Waals surface area contributed by atoms with Crippen LogP contribution in [0.2, 0.25) is 5.02 Å². The molecule has 2 N–H and O–H groups in total. The monoisotopic (exact) mass is 520 g/mol. The number of para-hydroxylation sites is 1. The molecule has 4 aromatic rings. The summed E-state index contributed by atoms with van der Waals surface area (Å²) in [4.78, 5) is 32.4. The van der Waals surface area contributed by atoms with E-state index < -0.39 is 17.7 Å². The van der Waals surface area contributed by atoms with Crippen LogP contribution in [0.25, 0.3) is 16.7 Å². The van der Waals surface area contributed by atoms with E-state index in [0.717, 1.165) is 32.5 Å². The van der Waals surface area contributed by atoms with E-state index in [9.17, 15) is 14.7 Å². The standard InChI is InChI=1S/C28H25ClN2O4S/c1-15-12-19(26(35-3)20(29)13-15)24(32)22-23(27-16(2)9-11-36-27)31(28(34)25(22)33)10-8-17-14-30-21-7-5-4-6-18(17)21/h4-7,9,11-14,23,30,32H,8,10H2,1-3H3/b24-22-. The number of carbonyl (C=O) groups is 2. The first-order chi connectivity index (χ1) is 17.3. The quantitative estimate of drug-likeness (QED) is 0.181. The van der Waals surface area contributed by atoms with Gasteiger partial charge in [-0.15, -0.1) is 11.3 Å². The first-order valence-corrected chi connectivity index (χ1v) is 12.8. The Kier molecular flexibility index (Phi) is 6.36. The van der Waals surface area contributed by atoms with Crippen molar-refractivity contribution in [3.63, 3.8) is 0 Å². The molecule has 1 fully saturated rings. The van der Waals surface area contributed by atoms with Crippen LogP contribution in [-0.2, 0) is 16.0 Å². The molecule has 0 saturated carbocycles. The molecule has 1 unspecified atom stereocenters. The van der Waals surface area contributed by atoms with E-state index in [1.165, 1.54) is 18.4 Å². The van der Waals surface area contributed by atoms with Crippen LogP contribution in [0, 0.1) is 13.8 Å². The Labute approximate surface area is 217 Å². The zero-order valence-electron chi connectivity index (χ0n) is 20.1. The molecule has 8 heteroatoms. The van der Waals surface area contributed by atoms with Gasteiger partial charge in [0.2, 0.25) is 0 Å². The van der Waals surface area contributed by atoms with E-state index in [-0.39, 0.29) is 22.6 Å². The third kappa shape index (κ3) is 3.98. The number of amides is 1. The maximum Gasteiger partial charge on any atom is 0.295 e. The Morgan fingerprint density at radius 3 is 2.69 bits per heavy atom. The molecule has 1 amide bonds. The first kappa shape index (κ1) is 24.2. The Morgan fingerprint density at radius 2 is 1.97 bits per heavy atom. The summed E-state index contributed by atoms with van der Waals surface area (Å²) < 4.78 is 5.45. The number of fused-ring (bicyclic) bond motifs is 1. The van der Waals surface area contributed by atoms with E-state index >= 15 is 0 Å². The average molecular weight is 521 g/mol. The highest BCUT2D eigenvalue weighted by Gasteiger charge is 2.47. The van der Waals surface area contributed by atoms with Crippen molar-refractivity contribution in [1.29, 1.82) is 0 Å². The number of likely N-dealkylation sites (tertiary alicyclic amines) is 1. The summed E-state index contributed by atoms with van der Waals surface area (Å²) in [6.45, 7) is 4.09. The number of aliphatic hydroxyl groups excluding tert-OH is 1. The highest BCUT2D eigenvalue weighted by Crippen LogP contribution is 2.45. The lowest BCUT2D eigenvalue weighted by Gasteiger charge is -2.25. The molecular weight excluding hydrogens is 496 g/mol. The molecule has 5 rings (SSSR count). The summed E-state index contributed by atoms with van der Waals surface area (Å²) >= 11 is 7.83. The number of hydrogen-bond donors (Lipinski definition) is 2. The summed E-state index contributed by atoms with van der Waals surface area (Å²) in [5.41, 5.74) is 4.15. The maximum absolute atomic E-state index is 13.4. The summed E-state index contributed by atoms with van der Waals surface area (Å²) in [5.74, 6) is -1.38. The predicted octanol–water partition coefficient (Wildman–Crippen LogP) is 6.17. The fourth-order valence-corrected chi connectivity index (χ4v) is 6.28. The number of hydrogen-bond acceptors (Lipinski definition) is 5. The van der Waals surface area contributed by atoms with Crippen LogP contribution in [0.1, 0.15) is 33.2 Å². The Balaban J connectivity index is 1.61. The Morgan fingerprint density at radius 1 is 1.19 bits per heavy atom. The topological polar surface area (TPSA) is 82.6 Å². The largest absolute Gasteiger partial charge is 0.507 e. The van der Waals surface area contributed by atoms with E-state index in [1.807, 2.05) is 55.8 Å². The zero-order valence-corrected chi connectivity index (χ0v) is 21.7. The molecule has 1 saturated heterocycles. The molecule has 1 aliphatic rings. The van der Waals surface area contributed by atoms with Crippen molar-refractivity contribution in [3.05, 3.63) is 91.8 Å². The van der Waals surface area contributed by atoms with Crippen molar-refractivity contribution >= 4 is 51.3 Å². The molecule has 184 valence electrons. The van der Waals surface area contributed by atoms with Gasteiger partial charge < -0.3 is 19.7 Å². The van der Waals surface area contributed by atoms with E-state index in [4.69, 9.17) is 16.3 Å². The summed E-state index contributed by atoms with van der Waals surface area (Å²) in [7, 11) is 1.45. The smallest absolute Gasteiger partial charge is 0.295 e. The van der Waals surface area contributed by atoms with Crippen molar-refractivity contribution in [2.75, 3.05) is 13.7 Å². The molecule has 0 aliphatic carbocycles. The Hall–Kier alpha value is -3.55. The molecular formula is C28H25ClN2O4S. The minimum absolute atomic E-state index is 0.0458. The molecule has 36 heavy (non-hydrogen) atoms. The van der Waals surface area contributed by atoms with Crippen LogP contribution in [0.15, 0.2) is 59.6 Å². The van der Waals surface area contributed by atoms with Gasteiger partial charge in [-0.05, 0) is 66.6 Å². The number of rotatable bonds is 6. The van der Waals surface area contributed by atoms with Crippen molar-refractivity contribution in [1.82, 2.24) is 9.88 Å². The second kappa shape index (κ2) is 9.48. The molecule has 3 heterocycles. The molecule has 2 aromatic carbocycles. The van der Waals surface area contributed by atoms with Crippen molar-refractivity contribution < 1.29 is 19.4 Å². The number of thiophene rings is 1. The number of ketones is 1. The van der Waals surface area contributed by atoms with Crippen molar-refractivity contribution in [2.45, 2.75) is 26.3 Å². The number of aromatic nitrogens is 1. The van der Waals surface area contributed by atoms with Gasteiger partial charge in [0.15, 0.2) is 0 Å². The number of nitrogens with zero attached hydrogens (tertiary/aromatic N) is 1. The molecule has 0 radical (unpaired) electrons. The molecule has 0 spiro atoms. The lowest BCUT2D eigenvalue weighted by atomic mass is 9.97. The van der Waals surface area contributed by atoms with Crippen LogP contribution < -0.4 is 4.74 Å². The highest BCUT2D eigenvalue weighted by atomic mass is 35.5. The number of aromatic amines is 1. The van der Waals surface area contributed by atoms with Gasteiger partial charge in [0.1, 0.15) is 11.5 Å². The number of H-pyrrole nitrogens is 1. The van der Waals surface area contributed by atoms with E-state index in [0.29, 0.717) is 18.0 Å². The van der Waals surface area contributed by atoms with Gasteiger partial charge in [-0.2, -0.15) is 0 Å². The molecule has 1 aliphatic heterocycles. The van der Waals surface area contributed by atoms with Crippen molar-refractivity contribution in [3.8, 4) is 5.75 Å². The summed E-state index contributed by atoms with van der Waals surface area (Å²) in [6, 6.07) is 12.6. The van der Waals surface area contributed by atoms with Gasteiger partial charge in [-0.1, -0.05) is 29.8 Å². The zero-order chi connectivity index (χ0) is 25.6. The SMILES string of the molecule is COc1c(Cl)cc(C)cc1/C(O)=C1/C(=O)C(=O)N(CCc2c[nH]c3ccccc23)C1c1sccc1C. The number of methoxy groups -OCH3 is 1. The number of halogens is 1. The van der Waals surface area contributed by atoms with E-state index in [2.05, 4.69) is 4.98 Å². The fraction of sp³-hybridized carbons (Fsp3) is 0.214. The van der Waals surface area contributed by atoms with Crippen LogP contribution in [-0.4, -0.2) is 40.3 Å². The number of Topliss-reactive ketones (excluding diaryl/α,β-unsaturated/α-hetero) is 1. The van der Waals surface area contributed by atoms with Gasteiger partial charge >= 0.3 is 0 Å². The first-order valence-electron chi connectivity index (χ1n) is 11.5. The maximum atomic E-state index is 13.4. The number of aryl methyl sites for hydroxylation is 2. The predicted molar refractivity (Wildman–Crippen MR) is 143 cm³/mol. The molecule has 6 nitrogen and oxygen atoms in total. The number of aliphatic hydroxyl groups is 1. The fourth-order valence-electron chi connectivity index (χ4n) is 4.88. The third-order valence-electron chi connectivity index (χ3n) is 6.63. The third-order valence-corrected chi connectivity index (χ3v) is 7.99. The van der Waals surface area contributed by atoms with Gasteiger partial charge in [0.25, 0.3) is 11.7 Å². The van der Waals surface area contributed by atoms with Crippen molar-refractivity contribution in [2.24, 2.45) is 0 Å². The normalized spacial score (nSPS) is 17.3. The van der Waals surface area contributed by atoms with Crippen LogP contribution in [0.5, 0.6) is 5.75 Å². The second-order valence-corrected chi connectivity index (χ2v) is 10.3. The number of benzene rings is 2. The molecule has 2 aromatic heterocycles. The number of carbonyl (C=O) groups excluding carboxylic acids is 2. The van der Waals surface area contributed by atoms with E-state index in [1.54, 1.807) is 17.0 Å². The van der Waals surface area contributed by atoms with Crippen LogP contribution in [0.4, 0.5) is 0 Å².